The van der Waals surface area contributed by atoms with Crippen LogP contribution in [0.5, 0.6) is 5.75 Å². The summed E-state index contributed by atoms with van der Waals surface area (Å²) in [5.74, 6) is -0.0103. The van der Waals surface area contributed by atoms with Crippen LogP contribution in [0.3, 0.4) is 0 Å². The number of fused-ring (bicyclic) bond motifs is 2. The number of carbonyl (C=O) groups is 1. The minimum absolute atomic E-state index is 0.215. The van der Waals surface area contributed by atoms with Crippen molar-refractivity contribution in [1.82, 2.24) is 9.55 Å². The predicted molar refractivity (Wildman–Crippen MR) is 119 cm³/mol. The molecule has 0 aliphatic rings. The smallest absolute Gasteiger partial charge is 0.336 e. The lowest BCUT2D eigenvalue weighted by molar-refractivity contribution is -0.118. The fraction of sp³-hybridized carbons (Fsp3) is 0.217. The van der Waals surface area contributed by atoms with Gasteiger partial charge in [0.25, 0.3) is 11.5 Å². The SMILES string of the molecule is COCCn1cnc2ccc(NC(=O)COc3ccc4c(C)cc(=O)oc4c3)cc2c1=O. The molecule has 32 heavy (non-hydrogen) atoms. The van der Waals surface area contributed by atoms with Crippen LogP contribution in [-0.2, 0) is 16.1 Å². The molecule has 1 N–H and O–H groups in total. The molecule has 2 heterocycles. The number of aromatic nitrogens is 2. The second kappa shape index (κ2) is 9.03. The average Bonchev–Trinajstić information content (AvgIpc) is 2.77. The highest BCUT2D eigenvalue weighted by Gasteiger charge is 2.09. The normalized spacial score (nSPS) is 11.1. The Kier molecular flexibility index (Phi) is 6.00. The zero-order valence-corrected chi connectivity index (χ0v) is 17.6. The van der Waals surface area contributed by atoms with E-state index < -0.39 is 11.5 Å². The zero-order chi connectivity index (χ0) is 22.7. The molecule has 0 saturated heterocycles. The Morgan fingerprint density at radius 3 is 2.78 bits per heavy atom. The average molecular weight is 435 g/mol. The third kappa shape index (κ3) is 4.52. The first-order chi connectivity index (χ1) is 15.4. The highest BCUT2D eigenvalue weighted by molar-refractivity contribution is 5.94. The van der Waals surface area contributed by atoms with Gasteiger partial charge in [0.15, 0.2) is 6.61 Å². The number of nitrogens with one attached hydrogen (secondary N) is 1. The lowest BCUT2D eigenvalue weighted by Crippen LogP contribution is -2.23. The number of hydrogen-bond acceptors (Lipinski definition) is 7. The van der Waals surface area contributed by atoms with Crippen molar-refractivity contribution in [3.8, 4) is 5.75 Å². The van der Waals surface area contributed by atoms with E-state index in [9.17, 15) is 14.4 Å². The summed E-state index contributed by atoms with van der Waals surface area (Å²) in [5.41, 5.74) is 1.51. The van der Waals surface area contributed by atoms with Crippen molar-refractivity contribution in [1.29, 1.82) is 0 Å². The topological polar surface area (TPSA) is 113 Å². The van der Waals surface area contributed by atoms with Crippen molar-refractivity contribution >= 4 is 33.5 Å². The Morgan fingerprint density at radius 2 is 1.97 bits per heavy atom. The number of carbonyl (C=O) groups excluding carboxylic acids is 1. The summed E-state index contributed by atoms with van der Waals surface area (Å²) in [6.07, 6.45) is 1.48. The molecular formula is C23H21N3O6. The molecule has 0 radical (unpaired) electrons. The van der Waals surface area contributed by atoms with Crippen molar-refractivity contribution in [2.45, 2.75) is 13.5 Å². The second-order valence-corrected chi connectivity index (χ2v) is 7.21. The number of aryl methyl sites for hydroxylation is 1. The van der Waals surface area contributed by atoms with Crippen LogP contribution >= 0.6 is 0 Å². The van der Waals surface area contributed by atoms with Crippen molar-refractivity contribution in [2.24, 2.45) is 0 Å². The molecule has 4 aromatic rings. The molecule has 0 spiro atoms. The fourth-order valence-electron chi connectivity index (χ4n) is 3.33. The number of hydrogen-bond donors (Lipinski definition) is 1. The molecule has 0 atom stereocenters. The molecule has 0 bridgehead atoms. The van der Waals surface area contributed by atoms with Crippen LogP contribution in [0, 0.1) is 6.92 Å². The standard InChI is InChI=1S/C23H21N3O6/c1-14-9-22(28)32-20-11-16(4-5-17(14)20)31-12-21(27)25-15-3-6-19-18(10-15)23(29)26(13-24-19)7-8-30-2/h3-6,9-11,13H,7-8,12H2,1-2H3,(H,25,27). The van der Waals surface area contributed by atoms with E-state index in [1.165, 1.54) is 17.0 Å². The van der Waals surface area contributed by atoms with Crippen LogP contribution in [0.1, 0.15) is 5.56 Å². The number of nitrogens with zero attached hydrogens (tertiary/aromatic N) is 2. The summed E-state index contributed by atoms with van der Waals surface area (Å²) < 4.78 is 17.2. The van der Waals surface area contributed by atoms with Crippen LogP contribution in [-0.4, -0.2) is 35.8 Å². The van der Waals surface area contributed by atoms with E-state index in [1.807, 2.05) is 6.92 Å². The molecule has 0 aliphatic heterocycles. The third-order valence-corrected chi connectivity index (χ3v) is 4.94. The van der Waals surface area contributed by atoms with Crippen molar-refractivity contribution in [3.05, 3.63) is 75.1 Å². The summed E-state index contributed by atoms with van der Waals surface area (Å²) in [7, 11) is 1.56. The Balaban J connectivity index is 1.47. The van der Waals surface area contributed by atoms with E-state index in [0.29, 0.717) is 41.1 Å². The van der Waals surface area contributed by atoms with E-state index >= 15 is 0 Å². The van der Waals surface area contributed by atoms with E-state index in [-0.39, 0.29) is 12.2 Å². The molecular weight excluding hydrogens is 414 g/mol. The first-order valence-corrected chi connectivity index (χ1v) is 9.90. The van der Waals surface area contributed by atoms with Gasteiger partial charge in [-0.3, -0.25) is 14.2 Å². The van der Waals surface area contributed by atoms with Gasteiger partial charge >= 0.3 is 5.63 Å². The van der Waals surface area contributed by atoms with E-state index in [4.69, 9.17) is 13.9 Å². The number of rotatable bonds is 7. The fourth-order valence-corrected chi connectivity index (χ4v) is 3.33. The number of ether oxygens (including phenoxy) is 2. The van der Waals surface area contributed by atoms with Crippen LogP contribution in [0.4, 0.5) is 5.69 Å². The van der Waals surface area contributed by atoms with Gasteiger partial charge in [0.05, 0.1) is 30.4 Å². The summed E-state index contributed by atoms with van der Waals surface area (Å²) >= 11 is 0. The summed E-state index contributed by atoms with van der Waals surface area (Å²) in [4.78, 5) is 40.8. The highest BCUT2D eigenvalue weighted by Crippen LogP contribution is 2.22. The van der Waals surface area contributed by atoms with Crippen molar-refractivity contribution in [2.75, 3.05) is 25.6 Å². The Labute approximate surface area is 182 Å². The van der Waals surface area contributed by atoms with E-state index in [1.54, 1.807) is 43.5 Å². The first kappa shape index (κ1) is 21.3. The van der Waals surface area contributed by atoms with Gasteiger partial charge in [-0.05, 0) is 42.8 Å². The number of amides is 1. The number of anilines is 1. The van der Waals surface area contributed by atoms with Gasteiger partial charge in [0.2, 0.25) is 0 Å². The van der Waals surface area contributed by atoms with E-state index in [2.05, 4.69) is 10.3 Å². The lowest BCUT2D eigenvalue weighted by atomic mass is 10.1. The molecule has 0 unspecified atom stereocenters. The van der Waals surface area contributed by atoms with Crippen LogP contribution in [0.2, 0.25) is 0 Å². The molecule has 9 nitrogen and oxygen atoms in total. The van der Waals surface area contributed by atoms with Gasteiger partial charge in [0, 0.05) is 30.3 Å². The zero-order valence-electron chi connectivity index (χ0n) is 17.6. The van der Waals surface area contributed by atoms with Gasteiger partial charge in [-0.1, -0.05) is 0 Å². The Morgan fingerprint density at radius 1 is 1.12 bits per heavy atom. The maximum atomic E-state index is 12.6. The summed E-state index contributed by atoms with van der Waals surface area (Å²) in [5, 5.41) is 3.90. The Hall–Kier alpha value is -3.98. The second-order valence-electron chi connectivity index (χ2n) is 7.21. The summed E-state index contributed by atoms with van der Waals surface area (Å²) in [6.45, 7) is 2.33. The molecule has 164 valence electrons. The highest BCUT2D eigenvalue weighted by atomic mass is 16.5. The minimum atomic E-state index is -0.447. The maximum absolute atomic E-state index is 12.6. The minimum Gasteiger partial charge on any atom is -0.484 e. The first-order valence-electron chi connectivity index (χ1n) is 9.90. The van der Waals surface area contributed by atoms with Crippen LogP contribution in [0.15, 0.2) is 62.8 Å². The van der Waals surface area contributed by atoms with Gasteiger partial charge in [-0.2, -0.15) is 0 Å². The lowest BCUT2D eigenvalue weighted by Gasteiger charge is -2.10. The number of benzene rings is 2. The van der Waals surface area contributed by atoms with Crippen molar-refractivity contribution in [3.63, 3.8) is 0 Å². The number of methoxy groups -OCH3 is 1. The third-order valence-electron chi connectivity index (χ3n) is 4.94. The molecule has 4 rings (SSSR count). The van der Waals surface area contributed by atoms with Gasteiger partial charge in [-0.15, -0.1) is 0 Å². The van der Waals surface area contributed by atoms with Crippen LogP contribution < -0.4 is 21.2 Å². The quantitative estimate of drug-likeness (QED) is 0.444. The molecule has 0 aliphatic carbocycles. The predicted octanol–water partition coefficient (Wildman–Crippen LogP) is 2.48. The monoisotopic (exact) mass is 435 g/mol. The summed E-state index contributed by atoms with van der Waals surface area (Å²) in [6, 6.07) is 11.4. The molecule has 1 amide bonds. The van der Waals surface area contributed by atoms with Gasteiger partial charge in [-0.25, -0.2) is 9.78 Å². The van der Waals surface area contributed by atoms with Gasteiger partial charge in [0.1, 0.15) is 11.3 Å². The molecule has 2 aromatic heterocycles. The van der Waals surface area contributed by atoms with Gasteiger partial charge < -0.3 is 19.2 Å². The van der Waals surface area contributed by atoms with E-state index in [0.717, 1.165) is 10.9 Å². The van der Waals surface area contributed by atoms with Crippen molar-refractivity contribution < 1.29 is 18.7 Å². The molecule has 9 heteroatoms. The maximum Gasteiger partial charge on any atom is 0.336 e. The Bertz CT molecular complexity index is 1420. The largest absolute Gasteiger partial charge is 0.484 e. The molecule has 0 saturated carbocycles. The van der Waals surface area contributed by atoms with Crippen LogP contribution in [0.25, 0.3) is 21.9 Å². The molecule has 2 aromatic carbocycles. The molecule has 0 fully saturated rings.